The standard InChI is InChI=1S/C23H27ClN4O2/c1-23(2,3)30-22(29)25-17-12-13-27(15-17)21-26-19-10-6-7-11-20(19)28(21)14-16-8-4-5-9-18(16)24/h4-11,17H,12-15H2,1-3H3,(H,25,29). The molecule has 30 heavy (non-hydrogen) atoms. The van der Waals surface area contributed by atoms with Gasteiger partial charge in [0.05, 0.1) is 23.6 Å². The SMILES string of the molecule is CC(C)(C)OC(=O)NC1CCN(c2nc3ccccc3n2Cc2ccccc2Cl)C1. The van der Waals surface area contributed by atoms with E-state index in [1.54, 1.807) is 0 Å². The van der Waals surface area contributed by atoms with Gasteiger partial charge in [-0.25, -0.2) is 9.78 Å². The highest BCUT2D eigenvalue weighted by atomic mass is 35.5. The molecule has 2 heterocycles. The molecular weight excluding hydrogens is 400 g/mol. The minimum Gasteiger partial charge on any atom is -0.444 e. The molecule has 1 fully saturated rings. The van der Waals surface area contributed by atoms with Crippen LogP contribution in [0.15, 0.2) is 48.5 Å². The number of ether oxygens (including phenoxy) is 1. The van der Waals surface area contributed by atoms with Crippen LogP contribution in [0.3, 0.4) is 0 Å². The van der Waals surface area contributed by atoms with Crippen molar-refractivity contribution in [2.45, 2.75) is 45.4 Å². The number of hydrogen-bond donors (Lipinski definition) is 1. The second-order valence-corrected chi connectivity index (χ2v) is 9.06. The number of halogens is 1. The van der Waals surface area contributed by atoms with Gasteiger partial charge in [-0.15, -0.1) is 0 Å². The van der Waals surface area contributed by atoms with Crippen LogP contribution in [0, 0.1) is 0 Å². The van der Waals surface area contributed by atoms with Gasteiger partial charge in [0.1, 0.15) is 5.60 Å². The highest BCUT2D eigenvalue weighted by molar-refractivity contribution is 6.31. The van der Waals surface area contributed by atoms with Crippen molar-refractivity contribution in [2.75, 3.05) is 18.0 Å². The molecule has 4 rings (SSSR count). The smallest absolute Gasteiger partial charge is 0.407 e. The molecule has 3 aromatic rings. The lowest BCUT2D eigenvalue weighted by Gasteiger charge is -2.22. The zero-order valence-electron chi connectivity index (χ0n) is 17.6. The summed E-state index contributed by atoms with van der Waals surface area (Å²) in [5, 5.41) is 3.73. The fourth-order valence-electron chi connectivity index (χ4n) is 3.79. The second-order valence-electron chi connectivity index (χ2n) is 8.66. The zero-order chi connectivity index (χ0) is 21.3. The van der Waals surface area contributed by atoms with Crippen molar-refractivity contribution >= 4 is 34.7 Å². The number of nitrogens with one attached hydrogen (secondary N) is 1. The molecule has 1 N–H and O–H groups in total. The minimum atomic E-state index is -0.509. The number of anilines is 1. The number of aromatic nitrogens is 2. The molecule has 1 aliphatic heterocycles. The van der Waals surface area contributed by atoms with Crippen LogP contribution in [-0.4, -0.2) is 40.4 Å². The fraction of sp³-hybridized carbons (Fsp3) is 0.391. The van der Waals surface area contributed by atoms with Gasteiger partial charge in [-0.05, 0) is 51.0 Å². The first kappa shape index (κ1) is 20.5. The Morgan fingerprint density at radius 3 is 2.70 bits per heavy atom. The maximum Gasteiger partial charge on any atom is 0.407 e. The maximum atomic E-state index is 12.2. The molecular formula is C23H27ClN4O2. The fourth-order valence-corrected chi connectivity index (χ4v) is 3.99. The summed E-state index contributed by atoms with van der Waals surface area (Å²) in [5.74, 6) is 0.893. The van der Waals surface area contributed by atoms with Crippen molar-refractivity contribution in [2.24, 2.45) is 0 Å². The quantitative estimate of drug-likeness (QED) is 0.648. The number of nitrogens with zero attached hydrogens (tertiary/aromatic N) is 3. The number of amides is 1. The van der Waals surface area contributed by atoms with E-state index in [0.29, 0.717) is 13.1 Å². The summed E-state index contributed by atoms with van der Waals surface area (Å²) in [6.07, 6.45) is 0.466. The van der Waals surface area contributed by atoms with Crippen molar-refractivity contribution in [3.8, 4) is 0 Å². The number of hydrogen-bond acceptors (Lipinski definition) is 4. The Bertz CT molecular complexity index is 1060. The molecule has 1 aliphatic rings. The summed E-state index contributed by atoms with van der Waals surface area (Å²) in [6, 6.07) is 16.0. The molecule has 1 saturated heterocycles. The number of benzene rings is 2. The number of imidazole rings is 1. The topological polar surface area (TPSA) is 59.4 Å². The summed E-state index contributed by atoms with van der Waals surface area (Å²) >= 11 is 6.43. The van der Waals surface area contributed by atoms with Gasteiger partial charge >= 0.3 is 6.09 Å². The predicted octanol–water partition coefficient (Wildman–Crippen LogP) is 4.84. The van der Waals surface area contributed by atoms with Crippen LogP contribution in [-0.2, 0) is 11.3 Å². The Labute approximate surface area is 181 Å². The van der Waals surface area contributed by atoms with E-state index in [1.165, 1.54) is 0 Å². The summed E-state index contributed by atoms with van der Waals surface area (Å²) in [4.78, 5) is 19.3. The molecule has 0 aliphatic carbocycles. The van der Waals surface area contributed by atoms with Gasteiger partial charge in [-0.2, -0.15) is 0 Å². The molecule has 0 spiro atoms. The molecule has 0 bridgehead atoms. The first-order chi connectivity index (χ1) is 14.3. The van der Waals surface area contributed by atoms with E-state index >= 15 is 0 Å². The summed E-state index contributed by atoms with van der Waals surface area (Å²) < 4.78 is 7.60. The molecule has 1 amide bonds. The Kier molecular flexibility index (Phi) is 5.60. The van der Waals surface area contributed by atoms with Gasteiger partial charge in [0.2, 0.25) is 5.95 Å². The van der Waals surface area contributed by atoms with Crippen molar-refractivity contribution in [3.05, 3.63) is 59.1 Å². The van der Waals surface area contributed by atoms with E-state index in [2.05, 4.69) is 20.9 Å². The van der Waals surface area contributed by atoms with Crippen LogP contribution < -0.4 is 10.2 Å². The second kappa shape index (κ2) is 8.19. The molecule has 158 valence electrons. The lowest BCUT2D eigenvalue weighted by molar-refractivity contribution is 0.0509. The predicted molar refractivity (Wildman–Crippen MR) is 120 cm³/mol. The van der Waals surface area contributed by atoms with Gasteiger partial charge in [-0.1, -0.05) is 41.9 Å². The molecule has 0 saturated carbocycles. The van der Waals surface area contributed by atoms with Gasteiger partial charge < -0.3 is 19.5 Å². The third kappa shape index (κ3) is 4.54. The van der Waals surface area contributed by atoms with Crippen LogP contribution in [0.2, 0.25) is 5.02 Å². The van der Waals surface area contributed by atoms with Gasteiger partial charge in [0, 0.05) is 18.1 Å². The first-order valence-electron chi connectivity index (χ1n) is 10.2. The van der Waals surface area contributed by atoms with Crippen LogP contribution >= 0.6 is 11.6 Å². The molecule has 1 unspecified atom stereocenters. The summed E-state index contributed by atoms with van der Waals surface area (Å²) in [6.45, 7) is 7.73. The largest absolute Gasteiger partial charge is 0.444 e. The number of carbonyl (C=O) groups is 1. The van der Waals surface area contributed by atoms with E-state index in [9.17, 15) is 4.79 Å². The molecule has 1 atom stereocenters. The molecule has 2 aromatic carbocycles. The Hall–Kier alpha value is -2.73. The average Bonchev–Trinajstić information content (AvgIpc) is 3.27. The molecule has 1 aromatic heterocycles. The highest BCUT2D eigenvalue weighted by Gasteiger charge is 2.29. The van der Waals surface area contributed by atoms with Crippen LogP contribution in [0.25, 0.3) is 11.0 Å². The Balaban J connectivity index is 1.57. The molecule has 7 heteroatoms. The lowest BCUT2D eigenvalue weighted by atomic mass is 10.2. The van der Waals surface area contributed by atoms with E-state index in [-0.39, 0.29) is 12.1 Å². The minimum absolute atomic E-state index is 0.0217. The van der Waals surface area contributed by atoms with Crippen molar-refractivity contribution < 1.29 is 9.53 Å². The monoisotopic (exact) mass is 426 g/mol. The number of para-hydroxylation sites is 2. The normalized spacial score (nSPS) is 16.8. The van der Waals surface area contributed by atoms with Crippen molar-refractivity contribution in [3.63, 3.8) is 0 Å². The summed E-state index contributed by atoms with van der Waals surface area (Å²) in [7, 11) is 0. The number of fused-ring (bicyclic) bond motifs is 1. The van der Waals surface area contributed by atoms with Gasteiger partial charge in [0.15, 0.2) is 0 Å². The van der Waals surface area contributed by atoms with E-state index in [1.807, 2.05) is 63.2 Å². The maximum absolute atomic E-state index is 12.2. The van der Waals surface area contributed by atoms with Crippen molar-refractivity contribution in [1.29, 1.82) is 0 Å². The highest BCUT2D eigenvalue weighted by Crippen LogP contribution is 2.28. The van der Waals surface area contributed by atoms with Gasteiger partial charge in [0.25, 0.3) is 0 Å². The van der Waals surface area contributed by atoms with Crippen molar-refractivity contribution in [1.82, 2.24) is 14.9 Å². The van der Waals surface area contributed by atoms with Crippen LogP contribution in [0.5, 0.6) is 0 Å². The summed E-state index contributed by atoms with van der Waals surface area (Å²) in [5.41, 5.74) is 2.55. The average molecular weight is 427 g/mol. The Morgan fingerprint density at radius 2 is 1.93 bits per heavy atom. The molecule has 6 nitrogen and oxygen atoms in total. The number of carbonyl (C=O) groups excluding carboxylic acids is 1. The third-order valence-corrected chi connectivity index (χ3v) is 5.48. The zero-order valence-corrected chi connectivity index (χ0v) is 18.3. The molecule has 0 radical (unpaired) electrons. The first-order valence-corrected chi connectivity index (χ1v) is 10.6. The number of alkyl carbamates (subject to hydrolysis) is 1. The number of rotatable bonds is 4. The van der Waals surface area contributed by atoms with Gasteiger partial charge in [-0.3, -0.25) is 0 Å². The van der Waals surface area contributed by atoms with E-state index in [4.69, 9.17) is 21.3 Å². The van der Waals surface area contributed by atoms with Crippen LogP contribution in [0.4, 0.5) is 10.7 Å². The third-order valence-electron chi connectivity index (χ3n) is 5.11. The van der Waals surface area contributed by atoms with E-state index in [0.717, 1.165) is 40.5 Å². The lowest BCUT2D eigenvalue weighted by Crippen LogP contribution is -2.40. The van der Waals surface area contributed by atoms with E-state index < -0.39 is 5.60 Å². The Morgan fingerprint density at radius 1 is 1.20 bits per heavy atom. The van der Waals surface area contributed by atoms with Crippen LogP contribution in [0.1, 0.15) is 32.8 Å².